The quantitative estimate of drug-likeness (QED) is 0.576. The summed E-state index contributed by atoms with van der Waals surface area (Å²) in [6.07, 6.45) is 0. The number of aliphatic hydroxyl groups excluding tert-OH is 1. The number of aromatic nitrogens is 2. The second-order valence-corrected chi connectivity index (χ2v) is 8.50. The molecular formula is C17H17FN4O3S2. The number of hydrogen-bond acceptors (Lipinski definition) is 7. The zero-order valence-electron chi connectivity index (χ0n) is 14.3. The van der Waals surface area contributed by atoms with E-state index in [0.29, 0.717) is 15.7 Å². The molecule has 142 valence electrons. The van der Waals surface area contributed by atoms with Crippen molar-refractivity contribution >= 4 is 26.5 Å². The normalized spacial score (nSPS) is 12.9. The predicted molar refractivity (Wildman–Crippen MR) is 102 cm³/mol. The molecule has 0 fully saturated rings. The van der Waals surface area contributed by atoms with Gasteiger partial charge in [-0.3, -0.25) is 0 Å². The van der Waals surface area contributed by atoms with Crippen molar-refractivity contribution in [3.63, 3.8) is 0 Å². The lowest BCUT2D eigenvalue weighted by atomic mass is 10.0. The Bertz CT molecular complexity index is 1050. The van der Waals surface area contributed by atoms with Crippen molar-refractivity contribution in [2.24, 2.45) is 0 Å². The van der Waals surface area contributed by atoms with Gasteiger partial charge < -0.3 is 10.8 Å². The van der Waals surface area contributed by atoms with Gasteiger partial charge in [0.25, 0.3) is 0 Å². The Labute approximate surface area is 159 Å². The van der Waals surface area contributed by atoms with E-state index in [9.17, 15) is 12.8 Å². The maximum Gasteiger partial charge on any atom is 0.244 e. The summed E-state index contributed by atoms with van der Waals surface area (Å²) in [6, 6.07) is 10.1. The number of aliphatic hydroxyl groups is 1. The highest BCUT2D eigenvalue weighted by molar-refractivity contribution is 7.89. The molecule has 0 saturated heterocycles. The van der Waals surface area contributed by atoms with Crippen LogP contribution < -0.4 is 10.5 Å². The maximum absolute atomic E-state index is 14.4. The second kappa shape index (κ2) is 7.69. The molecule has 0 aliphatic carbocycles. The first-order valence-electron chi connectivity index (χ1n) is 7.93. The van der Waals surface area contributed by atoms with Crippen LogP contribution in [0.1, 0.15) is 6.92 Å². The fourth-order valence-corrected chi connectivity index (χ4v) is 4.65. The van der Waals surface area contributed by atoms with Gasteiger partial charge in [0.05, 0.1) is 6.61 Å². The SMILES string of the molecule is C[C@H](CO)NS(=O)(=O)c1c(F)cccc1-c1ccc(-c2nnc(N)s2)cc1. The summed E-state index contributed by atoms with van der Waals surface area (Å²) in [5.74, 6) is -0.869. The maximum atomic E-state index is 14.4. The average molecular weight is 408 g/mol. The van der Waals surface area contributed by atoms with Crippen LogP contribution in [-0.4, -0.2) is 36.4 Å². The Morgan fingerprint density at radius 3 is 2.44 bits per heavy atom. The highest BCUT2D eigenvalue weighted by Gasteiger charge is 2.25. The van der Waals surface area contributed by atoms with Crippen LogP contribution in [-0.2, 0) is 10.0 Å². The average Bonchev–Trinajstić information content (AvgIpc) is 3.07. The lowest BCUT2D eigenvalue weighted by Crippen LogP contribution is -2.35. The first-order chi connectivity index (χ1) is 12.8. The van der Waals surface area contributed by atoms with Gasteiger partial charge in [-0.2, -0.15) is 0 Å². The van der Waals surface area contributed by atoms with Gasteiger partial charge in [0.2, 0.25) is 15.2 Å². The Kier molecular flexibility index (Phi) is 5.51. The molecule has 0 radical (unpaired) electrons. The number of benzene rings is 2. The topological polar surface area (TPSA) is 118 Å². The smallest absolute Gasteiger partial charge is 0.244 e. The van der Waals surface area contributed by atoms with E-state index in [4.69, 9.17) is 10.8 Å². The number of sulfonamides is 1. The minimum absolute atomic E-state index is 0.218. The Balaban J connectivity index is 2.04. The second-order valence-electron chi connectivity index (χ2n) is 5.84. The molecule has 0 bridgehead atoms. The number of nitrogens with zero attached hydrogens (tertiary/aromatic N) is 2. The minimum atomic E-state index is -4.16. The van der Waals surface area contributed by atoms with E-state index in [2.05, 4.69) is 14.9 Å². The standard InChI is InChI=1S/C17H17FN4O3S2/c1-10(9-23)22-27(24,25)15-13(3-2-4-14(15)18)11-5-7-12(8-6-11)16-20-21-17(19)26-16/h2-8,10,22-23H,9H2,1H3,(H2,19,21)/t10-/m1/s1. The molecule has 0 saturated carbocycles. The van der Waals surface area contributed by atoms with E-state index < -0.39 is 33.4 Å². The van der Waals surface area contributed by atoms with E-state index in [1.54, 1.807) is 24.3 Å². The minimum Gasteiger partial charge on any atom is -0.395 e. The Hall–Kier alpha value is -2.40. The summed E-state index contributed by atoms with van der Waals surface area (Å²) in [6.45, 7) is 1.09. The molecule has 4 N–H and O–H groups in total. The summed E-state index contributed by atoms with van der Waals surface area (Å²) in [5.41, 5.74) is 7.09. The van der Waals surface area contributed by atoms with E-state index in [-0.39, 0.29) is 5.56 Å². The Morgan fingerprint density at radius 2 is 1.85 bits per heavy atom. The molecule has 2 aromatic carbocycles. The van der Waals surface area contributed by atoms with Gasteiger partial charge in [0.15, 0.2) is 0 Å². The number of rotatable bonds is 6. The summed E-state index contributed by atoms with van der Waals surface area (Å²) in [7, 11) is -4.16. The lowest BCUT2D eigenvalue weighted by molar-refractivity contribution is 0.265. The summed E-state index contributed by atoms with van der Waals surface area (Å²) in [4.78, 5) is -0.460. The third kappa shape index (κ3) is 4.14. The summed E-state index contributed by atoms with van der Waals surface area (Å²) >= 11 is 1.23. The van der Waals surface area contributed by atoms with Crippen molar-refractivity contribution in [1.82, 2.24) is 14.9 Å². The van der Waals surface area contributed by atoms with Crippen LogP contribution >= 0.6 is 11.3 Å². The summed E-state index contributed by atoms with van der Waals surface area (Å²) in [5, 5.41) is 17.8. The van der Waals surface area contributed by atoms with Gasteiger partial charge in [0.1, 0.15) is 15.7 Å². The molecular weight excluding hydrogens is 391 g/mol. The van der Waals surface area contributed by atoms with E-state index in [1.165, 1.54) is 30.4 Å². The van der Waals surface area contributed by atoms with Gasteiger partial charge in [0, 0.05) is 17.2 Å². The molecule has 0 amide bonds. The van der Waals surface area contributed by atoms with Crippen LogP contribution in [0, 0.1) is 5.82 Å². The largest absolute Gasteiger partial charge is 0.395 e. The molecule has 3 aromatic rings. The van der Waals surface area contributed by atoms with Crippen molar-refractivity contribution in [3.05, 3.63) is 48.3 Å². The van der Waals surface area contributed by atoms with Crippen LogP contribution in [0.4, 0.5) is 9.52 Å². The van der Waals surface area contributed by atoms with Crippen LogP contribution in [0.25, 0.3) is 21.7 Å². The fraction of sp³-hybridized carbons (Fsp3) is 0.176. The van der Waals surface area contributed by atoms with Gasteiger partial charge in [-0.1, -0.05) is 47.7 Å². The molecule has 0 unspecified atom stereocenters. The monoisotopic (exact) mass is 408 g/mol. The van der Waals surface area contributed by atoms with Crippen molar-refractivity contribution < 1.29 is 17.9 Å². The van der Waals surface area contributed by atoms with E-state index >= 15 is 0 Å². The molecule has 0 spiro atoms. The number of anilines is 1. The van der Waals surface area contributed by atoms with Crippen LogP contribution in [0.3, 0.4) is 0 Å². The molecule has 1 aromatic heterocycles. The molecule has 0 aliphatic heterocycles. The van der Waals surface area contributed by atoms with E-state index in [1.807, 2.05) is 0 Å². The first kappa shape index (κ1) is 19.4. The van der Waals surface area contributed by atoms with Gasteiger partial charge in [-0.05, 0) is 18.6 Å². The van der Waals surface area contributed by atoms with Gasteiger partial charge in [-0.15, -0.1) is 10.2 Å². The molecule has 27 heavy (non-hydrogen) atoms. The predicted octanol–water partition coefficient (Wildman–Crippen LogP) is 2.25. The Morgan fingerprint density at radius 1 is 1.19 bits per heavy atom. The number of nitrogen functional groups attached to an aromatic ring is 1. The highest BCUT2D eigenvalue weighted by Crippen LogP contribution is 2.32. The third-order valence-corrected chi connectivity index (χ3v) is 6.22. The van der Waals surface area contributed by atoms with Crippen LogP contribution in [0.5, 0.6) is 0 Å². The zero-order valence-corrected chi connectivity index (χ0v) is 15.9. The van der Waals surface area contributed by atoms with Crippen molar-refractivity contribution in [1.29, 1.82) is 0 Å². The molecule has 7 nitrogen and oxygen atoms in total. The molecule has 1 heterocycles. The number of hydrogen-bond donors (Lipinski definition) is 3. The molecule has 0 aliphatic rings. The van der Waals surface area contributed by atoms with Crippen LogP contribution in [0.15, 0.2) is 47.4 Å². The molecule has 1 atom stereocenters. The number of halogens is 1. The molecule has 10 heteroatoms. The van der Waals surface area contributed by atoms with Crippen molar-refractivity contribution in [2.75, 3.05) is 12.3 Å². The molecule has 3 rings (SSSR count). The number of nitrogens with two attached hydrogens (primary N) is 1. The van der Waals surface area contributed by atoms with Gasteiger partial charge in [-0.25, -0.2) is 17.5 Å². The van der Waals surface area contributed by atoms with E-state index in [0.717, 1.165) is 11.6 Å². The van der Waals surface area contributed by atoms with Gasteiger partial charge >= 0.3 is 0 Å². The van der Waals surface area contributed by atoms with Crippen molar-refractivity contribution in [3.8, 4) is 21.7 Å². The fourth-order valence-electron chi connectivity index (χ4n) is 2.51. The first-order valence-corrected chi connectivity index (χ1v) is 10.2. The lowest BCUT2D eigenvalue weighted by Gasteiger charge is -2.15. The highest BCUT2D eigenvalue weighted by atomic mass is 32.2. The zero-order chi connectivity index (χ0) is 19.6. The van der Waals surface area contributed by atoms with Crippen molar-refractivity contribution in [2.45, 2.75) is 17.9 Å². The number of nitrogens with one attached hydrogen (secondary N) is 1. The van der Waals surface area contributed by atoms with Crippen LogP contribution in [0.2, 0.25) is 0 Å². The summed E-state index contributed by atoms with van der Waals surface area (Å²) < 4.78 is 41.9. The third-order valence-electron chi connectivity index (χ3n) is 3.75.